The summed E-state index contributed by atoms with van der Waals surface area (Å²) in [5.41, 5.74) is 1.50. The predicted octanol–water partition coefficient (Wildman–Crippen LogP) is 2.26. The second kappa shape index (κ2) is 6.59. The summed E-state index contributed by atoms with van der Waals surface area (Å²) in [5.74, 6) is 2.44. The highest BCUT2D eigenvalue weighted by Gasteiger charge is 2.12. The zero-order valence-electron chi connectivity index (χ0n) is 10.3. The smallest absolute Gasteiger partial charge is 0.253 e. The summed E-state index contributed by atoms with van der Waals surface area (Å²) >= 11 is 0. The molecule has 1 amide bonds. The van der Waals surface area contributed by atoms with Gasteiger partial charge in [0.1, 0.15) is 0 Å². The molecular formula is C14H18N2O. The van der Waals surface area contributed by atoms with Gasteiger partial charge in [0.15, 0.2) is 0 Å². The van der Waals surface area contributed by atoms with Crippen LogP contribution in [0.15, 0.2) is 24.3 Å². The summed E-state index contributed by atoms with van der Waals surface area (Å²) < 4.78 is 0. The van der Waals surface area contributed by atoms with Gasteiger partial charge in [-0.1, -0.05) is 12.1 Å². The van der Waals surface area contributed by atoms with Gasteiger partial charge in [0.2, 0.25) is 0 Å². The molecule has 17 heavy (non-hydrogen) atoms. The Kier molecular flexibility index (Phi) is 5.09. The molecule has 0 saturated carbocycles. The topological polar surface area (TPSA) is 41.1 Å². The average molecular weight is 230 g/mol. The quantitative estimate of drug-likeness (QED) is 0.762. The zero-order valence-corrected chi connectivity index (χ0v) is 10.3. The molecule has 0 bridgehead atoms. The first-order valence-electron chi connectivity index (χ1n) is 5.76. The second-order valence-electron chi connectivity index (χ2n) is 3.86. The van der Waals surface area contributed by atoms with Gasteiger partial charge in [-0.05, 0) is 26.0 Å². The third-order valence-electron chi connectivity index (χ3n) is 2.34. The van der Waals surface area contributed by atoms with Crippen LogP contribution >= 0.6 is 0 Å². The standard InChI is InChI=1S/C14H18N2O/c1-4-8-11(3)16-14(17)12-9-6-7-10-13(12)15-5-2/h1,6-7,9-11,15H,5,8H2,2-3H3,(H,16,17). The first kappa shape index (κ1) is 13.1. The Morgan fingerprint density at radius 2 is 2.18 bits per heavy atom. The Bertz CT molecular complexity index is 420. The average Bonchev–Trinajstić information content (AvgIpc) is 2.30. The molecule has 3 nitrogen and oxygen atoms in total. The van der Waals surface area contributed by atoms with Crippen molar-refractivity contribution in [3.8, 4) is 12.3 Å². The molecule has 1 unspecified atom stereocenters. The fourth-order valence-corrected chi connectivity index (χ4v) is 1.56. The predicted molar refractivity (Wildman–Crippen MR) is 71.0 cm³/mol. The molecular weight excluding hydrogens is 212 g/mol. The van der Waals surface area contributed by atoms with Crippen LogP contribution in [0.25, 0.3) is 0 Å². The molecule has 0 radical (unpaired) electrons. The lowest BCUT2D eigenvalue weighted by atomic mass is 10.1. The first-order chi connectivity index (χ1) is 8.19. The van der Waals surface area contributed by atoms with E-state index in [0.29, 0.717) is 12.0 Å². The van der Waals surface area contributed by atoms with E-state index in [2.05, 4.69) is 16.6 Å². The number of carbonyl (C=O) groups is 1. The zero-order chi connectivity index (χ0) is 12.7. The molecule has 3 heteroatoms. The highest BCUT2D eigenvalue weighted by atomic mass is 16.1. The highest BCUT2D eigenvalue weighted by molar-refractivity contribution is 5.99. The van der Waals surface area contributed by atoms with Gasteiger partial charge in [0.25, 0.3) is 5.91 Å². The van der Waals surface area contributed by atoms with E-state index < -0.39 is 0 Å². The maximum absolute atomic E-state index is 12.0. The largest absolute Gasteiger partial charge is 0.385 e. The number of terminal acetylenes is 1. The molecule has 0 aliphatic rings. The summed E-state index contributed by atoms with van der Waals surface area (Å²) in [4.78, 5) is 12.0. The van der Waals surface area contributed by atoms with Gasteiger partial charge in [0, 0.05) is 24.7 Å². The summed E-state index contributed by atoms with van der Waals surface area (Å²) in [7, 11) is 0. The minimum Gasteiger partial charge on any atom is -0.385 e. The third kappa shape index (κ3) is 3.84. The third-order valence-corrected chi connectivity index (χ3v) is 2.34. The number of para-hydroxylation sites is 1. The molecule has 0 saturated heterocycles. The number of rotatable bonds is 5. The minimum absolute atomic E-state index is 0.0119. The van der Waals surface area contributed by atoms with E-state index in [1.54, 1.807) is 6.07 Å². The van der Waals surface area contributed by atoms with Crippen LogP contribution in [0.5, 0.6) is 0 Å². The second-order valence-corrected chi connectivity index (χ2v) is 3.86. The maximum Gasteiger partial charge on any atom is 0.253 e. The van der Waals surface area contributed by atoms with Gasteiger partial charge in [-0.2, -0.15) is 0 Å². The monoisotopic (exact) mass is 230 g/mol. The van der Waals surface area contributed by atoms with E-state index in [4.69, 9.17) is 6.42 Å². The van der Waals surface area contributed by atoms with E-state index in [1.165, 1.54) is 0 Å². The lowest BCUT2D eigenvalue weighted by Gasteiger charge is -2.14. The van der Waals surface area contributed by atoms with Crippen LogP contribution in [0.1, 0.15) is 30.6 Å². The van der Waals surface area contributed by atoms with Crippen molar-refractivity contribution in [2.45, 2.75) is 26.3 Å². The van der Waals surface area contributed by atoms with Gasteiger partial charge in [0.05, 0.1) is 5.56 Å². The van der Waals surface area contributed by atoms with Crippen LogP contribution in [0.2, 0.25) is 0 Å². The lowest BCUT2D eigenvalue weighted by Crippen LogP contribution is -2.32. The summed E-state index contributed by atoms with van der Waals surface area (Å²) in [6, 6.07) is 7.43. The Hall–Kier alpha value is -1.95. The molecule has 1 aromatic rings. The van der Waals surface area contributed by atoms with Crippen molar-refractivity contribution >= 4 is 11.6 Å². The van der Waals surface area contributed by atoms with Crippen LogP contribution in [0, 0.1) is 12.3 Å². The Balaban J connectivity index is 2.78. The lowest BCUT2D eigenvalue weighted by molar-refractivity contribution is 0.0941. The van der Waals surface area contributed by atoms with Crippen molar-refractivity contribution in [3.05, 3.63) is 29.8 Å². The van der Waals surface area contributed by atoms with Gasteiger partial charge in [-0.3, -0.25) is 4.79 Å². The van der Waals surface area contributed by atoms with Crippen molar-refractivity contribution in [1.29, 1.82) is 0 Å². The molecule has 90 valence electrons. The van der Waals surface area contributed by atoms with Crippen molar-refractivity contribution in [2.75, 3.05) is 11.9 Å². The molecule has 1 atom stereocenters. The highest BCUT2D eigenvalue weighted by Crippen LogP contribution is 2.14. The van der Waals surface area contributed by atoms with E-state index in [9.17, 15) is 4.79 Å². The molecule has 0 aromatic heterocycles. The first-order valence-corrected chi connectivity index (χ1v) is 5.76. The Labute approximate surface area is 103 Å². The maximum atomic E-state index is 12.0. The molecule has 0 fully saturated rings. The minimum atomic E-state index is -0.0932. The van der Waals surface area contributed by atoms with Crippen molar-refractivity contribution in [2.24, 2.45) is 0 Å². The number of anilines is 1. The van der Waals surface area contributed by atoms with E-state index in [1.807, 2.05) is 32.0 Å². The SMILES string of the molecule is C#CCC(C)NC(=O)c1ccccc1NCC. The summed E-state index contributed by atoms with van der Waals surface area (Å²) in [6.07, 6.45) is 5.74. The van der Waals surface area contributed by atoms with Crippen molar-refractivity contribution in [1.82, 2.24) is 5.32 Å². The summed E-state index contributed by atoms with van der Waals surface area (Å²) in [5, 5.41) is 6.04. The molecule has 0 spiro atoms. The Morgan fingerprint density at radius 3 is 2.82 bits per heavy atom. The van der Waals surface area contributed by atoms with Crippen molar-refractivity contribution in [3.63, 3.8) is 0 Å². The fourth-order valence-electron chi connectivity index (χ4n) is 1.56. The van der Waals surface area contributed by atoms with E-state index >= 15 is 0 Å². The van der Waals surface area contributed by atoms with Crippen LogP contribution in [0.4, 0.5) is 5.69 Å². The van der Waals surface area contributed by atoms with Crippen molar-refractivity contribution < 1.29 is 4.79 Å². The van der Waals surface area contributed by atoms with Crippen LogP contribution in [-0.2, 0) is 0 Å². The van der Waals surface area contributed by atoms with Gasteiger partial charge >= 0.3 is 0 Å². The number of hydrogen-bond donors (Lipinski definition) is 2. The molecule has 1 aromatic carbocycles. The van der Waals surface area contributed by atoms with E-state index in [0.717, 1.165) is 12.2 Å². The number of nitrogens with one attached hydrogen (secondary N) is 2. The number of benzene rings is 1. The fraction of sp³-hybridized carbons (Fsp3) is 0.357. The number of amides is 1. The normalized spacial score (nSPS) is 11.4. The number of hydrogen-bond acceptors (Lipinski definition) is 2. The van der Waals surface area contributed by atoms with Gasteiger partial charge in [-0.25, -0.2) is 0 Å². The summed E-state index contributed by atoms with van der Waals surface area (Å²) in [6.45, 7) is 4.67. The molecule has 2 N–H and O–H groups in total. The van der Waals surface area contributed by atoms with Gasteiger partial charge in [-0.15, -0.1) is 12.3 Å². The van der Waals surface area contributed by atoms with Crippen LogP contribution < -0.4 is 10.6 Å². The van der Waals surface area contributed by atoms with Gasteiger partial charge < -0.3 is 10.6 Å². The molecule has 0 heterocycles. The Morgan fingerprint density at radius 1 is 1.47 bits per heavy atom. The molecule has 0 aliphatic heterocycles. The number of carbonyl (C=O) groups excluding carboxylic acids is 1. The van der Waals surface area contributed by atoms with E-state index in [-0.39, 0.29) is 11.9 Å². The van der Waals surface area contributed by atoms with Crippen LogP contribution in [-0.4, -0.2) is 18.5 Å². The van der Waals surface area contributed by atoms with Crippen LogP contribution in [0.3, 0.4) is 0 Å². The molecule has 0 aliphatic carbocycles. The molecule has 1 rings (SSSR count).